The fourth-order valence-corrected chi connectivity index (χ4v) is 0.978. The number of carbonyl (C=O) groups excluding carboxylic acids is 1. The molecule has 1 rings (SSSR count). The number of rotatable bonds is 3. The number of H-pyrrole nitrogens is 1. The Morgan fingerprint density at radius 2 is 2.31 bits per heavy atom. The van der Waals surface area contributed by atoms with Crippen LogP contribution in [0, 0.1) is 0 Å². The van der Waals surface area contributed by atoms with Crippen molar-refractivity contribution in [2.45, 2.75) is 12.8 Å². The van der Waals surface area contributed by atoms with Gasteiger partial charge in [-0.3, -0.25) is 9.59 Å². The molecule has 1 heterocycles. The number of hydrogen-bond acceptors (Lipinski definition) is 3. The van der Waals surface area contributed by atoms with Gasteiger partial charge in [-0.25, -0.2) is 0 Å². The maximum Gasteiger partial charge on any atom is 0.305 e. The maximum absolute atomic E-state index is 10.8. The zero-order valence-electron chi connectivity index (χ0n) is 7.37. The lowest BCUT2D eigenvalue weighted by molar-refractivity contribution is -0.140. The van der Waals surface area contributed by atoms with Crippen LogP contribution in [-0.2, 0) is 16.0 Å². The monoisotopic (exact) mass is 181 g/mol. The first-order valence-electron chi connectivity index (χ1n) is 3.97. The summed E-state index contributed by atoms with van der Waals surface area (Å²) in [6, 6.07) is 4.86. The number of hydrogen-bond donors (Lipinski definition) is 1. The summed E-state index contributed by atoms with van der Waals surface area (Å²) in [6.07, 6.45) is 0.791. The average Bonchev–Trinajstić information content (AvgIpc) is 2.14. The molecule has 0 saturated heterocycles. The van der Waals surface area contributed by atoms with Crippen LogP contribution < -0.4 is 5.56 Å². The van der Waals surface area contributed by atoms with E-state index in [9.17, 15) is 9.59 Å². The summed E-state index contributed by atoms with van der Waals surface area (Å²) in [4.78, 5) is 24.2. The zero-order valence-corrected chi connectivity index (χ0v) is 7.37. The molecular formula is C9H11NO3. The van der Waals surface area contributed by atoms with Gasteiger partial charge in [0.2, 0.25) is 5.56 Å². The summed E-state index contributed by atoms with van der Waals surface area (Å²) in [5.41, 5.74) is 0.597. The fraction of sp³-hybridized carbons (Fsp3) is 0.333. The molecule has 0 atom stereocenters. The molecule has 0 amide bonds. The van der Waals surface area contributed by atoms with Gasteiger partial charge in [-0.15, -0.1) is 0 Å². The molecule has 0 aliphatic carbocycles. The number of aromatic amines is 1. The van der Waals surface area contributed by atoms with Crippen LogP contribution in [0.25, 0.3) is 0 Å². The minimum atomic E-state index is -0.273. The molecule has 1 aromatic heterocycles. The van der Waals surface area contributed by atoms with E-state index >= 15 is 0 Å². The standard InChI is InChI=1S/C9H11NO3/c1-13-9(12)6-5-7-3-2-4-8(11)10-7/h2-4H,5-6H2,1H3,(H,10,11). The van der Waals surface area contributed by atoms with Crippen molar-refractivity contribution in [3.05, 3.63) is 34.2 Å². The van der Waals surface area contributed by atoms with E-state index in [0.29, 0.717) is 6.42 Å². The van der Waals surface area contributed by atoms with E-state index in [0.717, 1.165) is 5.69 Å². The number of ether oxygens (including phenoxy) is 1. The highest BCUT2D eigenvalue weighted by Crippen LogP contribution is 1.96. The molecule has 0 radical (unpaired) electrons. The summed E-state index contributed by atoms with van der Waals surface area (Å²) in [5.74, 6) is -0.273. The third kappa shape index (κ3) is 3.11. The smallest absolute Gasteiger partial charge is 0.305 e. The van der Waals surface area contributed by atoms with Gasteiger partial charge >= 0.3 is 5.97 Å². The quantitative estimate of drug-likeness (QED) is 0.690. The van der Waals surface area contributed by atoms with E-state index in [2.05, 4.69) is 9.72 Å². The first kappa shape index (κ1) is 9.51. The minimum Gasteiger partial charge on any atom is -0.469 e. The molecule has 1 N–H and O–H groups in total. The predicted octanol–water partition coefficient (Wildman–Crippen LogP) is 0.480. The average molecular weight is 181 g/mol. The van der Waals surface area contributed by atoms with Crippen LogP contribution >= 0.6 is 0 Å². The number of aromatic nitrogens is 1. The summed E-state index contributed by atoms with van der Waals surface area (Å²) in [5, 5.41) is 0. The van der Waals surface area contributed by atoms with Crippen LogP contribution in [0.2, 0.25) is 0 Å². The predicted molar refractivity (Wildman–Crippen MR) is 47.4 cm³/mol. The summed E-state index contributed by atoms with van der Waals surface area (Å²) < 4.78 is 4.47. The van der Waals surface area contributed by atoms with Gasteiger partial charge in [-0.2, -0.15) is 0 Å². The van der Waals surface area contributed by atoms with Crippen LogP contribution in [0.5, 0.6) is 0 Å². The molecule has 0 bridgehead atoms. The lowest BCUT2D eigenvalue weighted by Crippen LogP contribution is -2.08. The summed E-state index contributed by atoms with van der Waals surface area (Å²) >= 11 is 0. The third-order valence-corrected chi connectivity index (χ3v) is 1.65. The summed E-state index contributed by atoms with van der Waals surface area (Å²) in [7, 11) is 1.34. The minimum absolute atomic E-state index is 0.151. The first-order chi connectivity index (χ1) is 6.22. The number of carbonyl (C=O) groups is 1. The molecule has 0 aliphatic rings. The Kier molecular flexibility index (Phi) is 3.25. The van der Waals surface area contributed by atoms with Crippen molar-refractivity contribution in [1.29, 1.82) is 0 Å². The Balaban J connectivity index is 2.55. The normalized spacial score (nSPS) is 9.62. The topological polar surface area (TPSA) is 59.2 Å². The van der Waals surface area contributed by atoms with Gasteiger partial charge < -0.3 is 9.72 Å². The molecule has 0 spiro atoms. The van der Waals surface area contributed by atoms with Crippen molar-refractivity contribution < 1.29 is 9.53 Å². The molecule has 0 fully saturated rings. The Morgan fingerprint density at radius 3 is 2.92 bits per heavy atom. The number of esters is 1. The number of methoxy groups -OCH3 is 1. The van der Waals surface area contributed by atoms with Gasteiger partial charge in [0.25, 0.3) is 0 Å². The number of pyridine rings is 1. The lowest BCUT2D eigenvalue weighted by Gasteiger charge is -1.99. The van der Waals surface area contributed by atoms with Gasteiger partial charge in [0.15, 0.2) is 0 Å². The maximum atomic E-state index is 10.8. The van der Waals surface area contributed by atoms with Gasteiger partial charge in [0, 0.05) is 11.8 Å². The van der Waals surface area contributed by atoms with Crippen molar-refractivity contribution in [1.82, 2.24) is 4.98 Å². The van der Waals surface area contributed by atoms with Crippen LogP contribution in [0.3, 0.4) is 0 Å². The molecule has 70 valence electrons. The van der Waals surface area contributed by atoms with Crippen molar-refractivity contribution in [3.63, 3.8) is 0 Å². The zero-order chi connectivity index (χ0) is 9.68. The van der Waals surface area contributed by atoms with Crippen LogP contribution in [-0.4, -0.2) is 18.1 Å². The molecule has 0 aromatic carbocycles. The molecule has 4 heteroatoms. The Bertz CT molecular complexity index is 343. The first-order valence-corrected chi connectivity index (χ1v) is 3.97. The van der Waals surface area contributed by atoms with Crippen molar-refractivity contribution in [2.75, 3.05) is 7.11 Å². The second kappa shape index (κ2) is 4.45. The van der Waals surface area contributed by atoms with Gasteiger partial charge in [0.1, 0.15) is 0 Å². The van der Waals surface area contributed by atoms with E-state index in [4.69, 9.17) is 0 Å². The highest BCUT2D eigenvalue weighted by molar-refractivity contribution is 5.69. The molecule has 0 aliphatic heterocycles. The molecule has 0 saturated carbocycles. The molecule has 1 aromatic rings. The van der Waals surface area contributed by atoms with Crippen molar-refractivity contribution in [3.8, 4) is 0 Å². The van der Waals surface area contributed by atoms with Gasteiger partial charge in [0.05, 0.1) is 13.5 Å². The van der Waals surface area contributed by atoms with Crippen molar-refractivity contribution >= 4 is 5.97 Å². The third-order valence-electron chi connectivity index (χ3n) is 1.65. The van der Waals surface area contributed by atoms with Crippen LogP contribution in [0.15, 0.2) is 23.0 Å². The highest BCUT2D eigenvalue weighted by atomic mass is 16.5. The largest absolute Gasteiger partial charge is 0.469 e. The number of nitrogens with one attached hydrogen (secondary N) is 1. The Hall–Kier alpha value is -1.58. The molecule has 13 heavy (non-hydrogen) atoms. The van der Waals surface area contributed by atoms with Gasteiger partial charge in [-0.1, -0.05) is 6.07 Å². The molecular weight excluding hydrogens is 170 g/mol. The second-order valence-electron chi connectivity index (χ2n) is 2.62. The Morgan fingerprint density at radius 1 is 1.54 bits per heavy atom. The molecule has 0 unspecified atom stereocenters. The number of aryl methyl sites for hydroxylation is 1. The van der Waals surface area contributed by atoms with E-state index < -0.39 is 0 Å². The van der Waals surface area contributed by atoms with Crippen LogP contribution in [0.1, 0.15) is 12.1 Å². The highest BCUT2D eigenvalue weighted by Gasteiger charge is 2.00. The van der Waals surface area contributed by atoms with Gasteiger partial charge in [-0.05, 0) is 12.5 Å². The summed E-state index contributed by atoms with van der Waals surface area (Å²) in [6.45, 7) is 0. The molecule has 4 nitrogen and oxygen atoms in total. The van der Waals surface area contributed by atoms with Crippen LogP contribution in [0.4, 0.5) is 0 Å². The van der Waals surface area contributed by atoms with Crippen molar-refractivity contribution in [2.24, 2.45) is 0 Å². The fourth-order valence-electron chi connectivity index (χ4n) is 0.978. The lowest BCUT2D eigenvalue weighted by atomic mass is 10.2. The van der Waals surface area contributed by atoms with E-state index in [1.165, 1.54) is 13.2 Å². The van der Waals surface area contributed by atoms with E-state index in [-0.39, 0.29) is 17.9 Å². The van der Waals surface area contributed by atoms with E-state index in [1.807, 2.05) is 0 Å². The SMILES string of the molecule is COC(=O)CCc1cccc(=O)[nH]1. The van der Waals surface area contributed by atoms with E-state index in [1.54, 1.807) is 12.1 Å². The Labute approximate surface area is 75.5 Å². The second-order valence-corrected chi connectivity index (χ2v) is 2.62.